The van der Waals surface area contributed by atoms with Crippen LogP contribution in [-0.2, 0) is 9.22 Å². The van der Waals surface area contributed by atoms with Gasteiger partial charge in [-0.1, -0.05) is 0 Å². The molecule has 0 heterocycles. The monoisotopic (exact) mass is 669 g/mol. The van der Waals surface area contributed by atoms with E-state index in [1.54, 1.807) is 72.8 Å². The molecule has 218 valence electrons. The second-order valence-electron chi connectivity index (χ2n) is 10.3. The van der Waals surface area contributed by atoms with Gasteiger partial charge >= 0.3 is 249 Å². The van der Waals surface area contributed by atoms with Gasteiger partial charge in [-0.3, -0.25) is 0 Å². The van der Waals surface area contributed by atoms with Gasteiger partial charge < -0.3 is 0 Å². The Morgan fingerprint density at radius 1 is 0.537 bits per heavy atom. The Kier molecular flexibility index (Phi) is 11.0. The third kappa shape index (κ3) is 8.63. The molecule has 0 radical (unpaired) electrons. The Morgan fingerprint density at radius 3 is 1.02 bits per heavy atom. The zero-order chi connectivity index (χ0) is 30.2. The van der Waals surface area contributed by atoms with Gasteiger partial charge in [0.1, 0.15) is 0 Å². The van der Waals surface area contributed by atoms with Gasteiger partial charge in [0, 0.05) is 0 Å². The molecule has 3 aromatic carbocycles. The van der Waals surface area contributed by atoms with Gasteiger partial charge in [-0.15, -0.1) is 0 Å². The van der Waals surface area contributed by atoms with Crippen LogP contribution in [0.3, 0.4) is 0 Å². The summed E-state index contributed by atoms with van der Waals surface area (Å²) in [6.45, 7) is 1.96. The summed E-state index contributed by atoms with van der Waals surface area (Å²) >= 11 is -5.24. The molecule has 0 aromatic heterocycles. The summed E-state index contributed by atoms with van der Waals surface area (Å²) < 4.78 is 18.1. The average Bonchev–Trinajstić information content (AvgIpc) is 2.96. The van der Waals surface area contributed by atoms with Crippen molar-refractivity contribution in [3.8, 4) is 0 Å². The number of rotatable bonds is 12. The topological polar surface area (TPSA) is 88.6 Å². The van der Waals surface area contributed by atoms with E-state index in [0.29, 0.717) is 6.42 Å². The van der Waals surface area contributed by atoms with Gasteiger partial charge in [-0.25, -0.2) is 0 Å². The molecule has 0 unspecified atom stereocenters. The second kappa shape index (κ2) is 14.2. The molecule has 3 aromatic rings. The van der Waals surface area contributed by atoms with Crippen molar-refractivity contribution < 1.29 is 23.6 Å². The molecule has 0 fully saturated rings. The fraction of sp³-hybridized carbons (Fsp3) is 0.323. The van der Waals surface area contributed by atoms with Crippen LogP contribution in [0.5, 0.6) is 0 Å². The van der Waals surface area contributed by atoms with E-state index < -0.39 is 37.5 Å². The summed E-state index contributed by atoms with van der Waals surface area (Å²) in [5.41, 5.74) is 3.52. The van der Waals surface area contributed by atoms with Gasteiger partial charge in [0.15, 0.2) is 0 Å². The minimum absolute atomic E-state index is 0.162. The Morgan fingerprint density at radius 2 is 0.805 bits per heavy atom. The summed E-state index contributed by atoms with van der Waals surface area (Å²) in [5, 5.41) is 0. The number of carbonyl (C=O) groups excluding carboxylic acids is 3. The molecule has 0 atom stereocenters. The number of hydrogen-bond donors (Lipinski definition) is 0. The molecule has 0 saturated heterocycles. The van der Waals surface area contributed by atoms with Crippen LogP contribution >= 0.6 is 0 Å². The molecule has 0 aliphatic heterocycles. The van der Waals surface area contributed by atoms with E-state index >= 15 is 0 Å². The predicted molar refractivity (Wildman–Crippen MR) is 164 cm³/mol. The van der Waals surface area contributed by atoms with E-state index in [1.807, 2.05) is 63.9 Å². The van der Waals surface area contributed by atoms with Crippen LogP contribution in [0.4, 0.5) is 17.1 Å². The second-order valence-corrected chi connectivity index (χ2v) is 17.4. The fourth-order valence-corrected chi connectivity index (χ4v) is 10.8. The molecule has 0 aliphatic rings. The average molecular weight is 668 g/mol. The summed E-state index contributed by atoms with van der Waals surface area (Å²) in [4.78, 5) is 45.9. The number of hydrogen-bond acceptors (Lipinski definition) is 9. The molecule has 0 bridgehead atoms. The first-order valence-corrected chi connectivity index (χ1v) is 19.0. The van der Waals surface area contributed by atoms with Crippen LogP contribution in [-0.4, -0.2) is 79.8 Å². The van der Waals surface area contributed by atoms with Gasteiger partial charge in [-0.05, 0) is 0 Å². The van der Waals surface area contributed by atoms with Crippen molar-refractivity contribution in [2.45, 2.75) is 24.2 Å². The summed E-state index contributed by atoms with van der Waals surface area (Å²) in [6.07, 6.45) is 1.26. The maximum absolute atomic E-state index is 13.4. The molecule has 41 heavy (non-hydrogen) atoms. The number of anilines is 3. The van der Waals surface area contributed by atoms with Gasteiger partial charge in [0.25, 0.3) is 0 Å². The zero-order valence-corrected chi connectivity index (χ0v) is 27.7. The first kappa shape index (κ1) is 31.8. The van der Waals surface area contributed by atoms with Gasteiger partial charge in [0.2, 0.25) is 0 Å². The molecule has 0 aliphatic carbocycles. The van der Waals surface area contributed by atoms with Crippen LogP contribution in [0, 0.1) is 0 Å². The zero-order valence-electron chi connectivity index (χ0n) is 24.8. The number of unbranched alkanes of at least 4 members (excludes halogenated alkanes) is 1. The molecule has 10 heteroatoms. The predicted octanol–water partition coefficient (Wildman–Crippen LogP) is 5.49. The van der Waals surface area contributed by atoms with Crippen LogP contribution in [0.15, 0.2) is 72.8 Å². The molecule has 3 rings (SSSR count). The number of nitrogens with zero attached hydrogens (tertiary/aromatic N) is 3. The van der Waals surface area contributed by atoms with Crippen LogP contribution in [0.1, 0.15) is 50.8 Å². The van der Waals surface area contributed by atoms with Crippen molar-refractivity contribution >= 4 is 54.6 Å². The number of carbonyl (C=O) groups is 3. The van der Waals surface area contributed by atoms with Crippen molar-refractivity contribution in [1.29, 1.82) is 0 Å². The van der Waals surface area contributed by atoms with E-state index in [1.165, 1.54) is 0 Å². The van der Waals surface area contributed by atoms with Crippen molar-refractivity contribution in [3.63, 3.8) is 0 Å². The first-order valence-electron chi connectivity index (χ1n) is 13.5. The van der Waals surface area contributed by atoms with Crippen molar-refractivity contribution in [3.05, 3.63) is 89.5 Å². The molecule has 0 N–H and O–H groups in total. The SMILES string of the molecule is CCC[CH2][Sn]([O]C(=O)c1ccc(N(C)C)cc1)([O]C(=O)c1ccc(N(C)C)cc1)[O]C(=O)c1ccc(N(C)C)cc1. The Labute approximate surface area is 248 Å². The van der Waals surface area contributed by atoms with E-state index in [9.17, 15) is 14.4 Å². The Bertz CT molecular complexity index is 1160. The van der Waals surface area contributed by atoms with E-state index in [2.05, 4.69) is 0 Å². The Hall–Kier alpha value is -3.73. The maximum atomic E-state index is 13.4. The standard InChI is InChI=1S/3C9H11NO2.C4H9.Sn/c3*1-10(2)8-5-3-7(4-6-8)9(11)12;1-3-4-2;/h3*3-6H,1-2H3,(H,11,12);1,3-4H2,2H3;/q;;;;+3/p-3. The molecule has 0 amide bonds. The quantitative estimate of drug-likeness (QED) is 0.233. The van der Waals surface area contributed by atoms with Crippen molar-refractivity contribution in [2.24, 2.45) is 0 Å². The van der Waals surface area contributed by atoms with Gasteiger partial charge in [0.05, 0.1) is 0 Å². The third-order valence-electron chi connectivity index (χ3n) is 6.44. The van der Waals surface area contributed by atoms with Crippen LogP contribution in [0.25, 0.3) is 0 Å². The van der Waals surface area contributed by atoms with E-state index in [-0.39, 0.29) is 21.1 Å². The van der Waals surface area contributed by atoms with Crippen molar-refractivity contribution in [1.82, 2.24) is 0 Å². The summed E-state index contributed by atoms with van der Waals surface area (Å²) in [6, 6.07) is 20.5. The fourth-order valence-electron chi connectivity index (χ4n) is 3.90. The molecule has 0 saturated carbocycles. The molecule has 9 nitrogen and oxygen atoms in total. The summed E-state index contributed by atoms with van der Waals surface area (Å²) in [5.74, 6) is -2.10. The molecular formula is C31H39N3O6Sn. The number of benzene rings is 3. The van der Waals surface area contributed by atoms with Crippen LogP contribution in [0.2, 0.25) is 4.44 Å². The molecule has 0 spiro atoms. The van der Waals surface area contributed by atoms with Crippen molar-refractivity contribution in [2.75, 3.05) is 57.0 Å². The Balaban J connectivity index is 1.97. The summed E-state index contributed by atoms with van der Waals surface area (Å²) in [7, 11) is 11.4. The van der Waals surface area contributed by atoms with E-state index in [0.717, 1.165) is 23.5 Å². The van der Waals surface area contributed by atoms with E-state index in [4.69, 9.17) is 9.22 Å². The first-order chi connectivity index (χ1) is 19.4. The minimum atomic E-state index is -5.24. The third-order valence-corrected chi connectivity index (χ3v) is 13.4. The molecular weight excluding hydrogens is 629 g/mol. The van der Waals surface area contributed by atoms with Gasteiger partial charge in [-0.2, -0.15) is 0 Å². The van der Waals surface area contributed by atoms with Crippen LogP contribution < -0.4 is 14.7 Å². The normalized spacial score (nSPS) is 10.9.